The van der Waals surface area contributed by atoms with Gasteiger partial charge < -0.3 is 39.4 Å². The molecule has 0 unspecified atom stereocenters. The molecule has 5 aromatic rings. The lowest BCUT2D eigenvalue weighted by Gasteiger charge is -2.35. The van der Waals surface area contributed by atoms with Crippen LogP contribution in [-0.2, 0) is 30.1 Å². The molecule has 2 saturated heterocycles. The number of halogens is 3. The van der Waals surface area contributed by atoms with Crippen molar-refractivity contribution >= 4 is 52.3 Å². The monoisotopic (exact) mass is 1010 g/mol. The number of aliphatic hydroxyl groups is 1. The van der Waals surface area contributed by atoms with Crippen LogP contribution in [0.2, 0.25) is 0 Å². The van der Waals surface area contributed by atoms with E-state index in [1.165, 1.54) is 17.4 Å². The molecule has 3 N–H and O–H groups in total. The standard InChI is InChI=1S/C53H56F3N7O8S/c1-32(33-9-11-36(12-10-33)44-28-58-31-71-44)59-47(66)43-26-40(64)29-61(43)48(67)46(51(2,3)4)60-45(65)30-69-23-7-8-24-70-41-21-16-35(17-22-41)34-13-18-38(19-14-34)63-50(72)62(49(68)52(63,5)6)39-20-15-37(27-57)42(25-39)53(54,55)56/h9-22,25,28,31-32,40,43,46,64H,7-8,23-24,26,29-30H2,1-6H3,(H,59,66)(H,60,65)/t32-,40+,43-,46+/m0/s1. The Morgan fingerprint density at radius 1 is 0.931 bits per heavy atom. The quantitative estimate of drug-likeness (QED) is 0.0597. The van der Waals surface area contributed by atoms with Gasteiger partial charge in [0.05, 0.1) is 47.8 Å². The van der Waals surface area contributed by atoms with Gasteiger partial charge in [-0.3, -0.25) is 24.1 Å². The first kappa shape index (κ1) is 52.7. The molecule has 72 heavy (non-hydrogen) atoms. The first-order chi connectivity index (χ1) is 34.1. The number of benzene rings is 4. The zero-order valence-electron chi connectivity index (χ0n) is 40.7. The van der Waals surface area contributed by atoms with Crippen molar-refractivity contribution in [1.29, 1.82) is 5.26 Å². The predicted molar refractivity (Wildman–Crippen MR) is 266 cm³/mol. The van der Waals surface area contributed by atoms with Crippen molar-refractivity contribution in [2.75, 3.05) is 36.2 Å². The summed E-state index contributed by atoms with van der Waals surface area (Å²) in [6, 6.07) is 24.5. The van der Waals surface area contributed by atoms with Crippen LogP contribution in [0.5, 0.6) is 5.75 Å². The maximum absolute atomic E-state index is 14.0. The van der Waals surface area contributed by atoms with E-state index in [1.54, 1.807) is 43.1 Å². The molecule has 378 valence electrons. The lowest BCUT2D eigenvalue weighted by atomic mass is 9.85. The van der Waals surface area contributed by atoms with E-state index >= 15 is 0 Å². The SMILES string of the molecule is C[C@H](NC(=O)[C@@H]1C[C@@H](O)CN1C(=O)[C@@H](NC(=O)COCCCCOc1ccc(-c2ccc(N3C(=S)N(c4ccc(C#N)c(C(F)(F)F)c4)C(=O)C3(C)C)cc2)cc1)C(C)(C)C)c1ccc(-c2cnco2)cc1. The summed E-state index contributed by atoms with van der Waals surface area (Å²) >= 11 is 5.67. The Balaban J connectivity index is 0.847. The molecule has 7 rings (SSSR count). The predicted octanol–water partition coefficient (Wildman–Crippen LogP) is 8.36. The number of oxazole rings is 1. The normalized spacial score (nSPS) is 17.7. The number of thiocarbonyl (C=S) groups is 1. The van der Waals surface area contributed by atoms with Gasteiger partial charge in [-0.1, -0.05) is 69.3 Å². The molecule has 0 aliphatic carbocycles. The Labute approximate surface area is 420 Å². The lowest BCUT2D eigenvalue weighted by Crippen LogP contribution is -2.58. The largest absolute Gasteiger partial charge is 0.494 e. The summed E-state index contributed by atoms with van der Waals surface area (Å²) in [4.78, 5) is 62.3. The van der Waals surface area contributed by atoms with Crippen LogP contribution < -0.4 is 25.2 Å². The highest BCUT2D eigenvalue weighted by Gasteiger charge is 2.51. The second-order valence-corrected chi connectivity index (χ2v) is 19.7. The highest BCUT2D eigenvalue weighted by Crippen LogP contribution is 2.40. The van der Waals surface area contributed by atoms with Crippen molar-refractivity contribution in [3.05, 3.63) is 120 Å². The third-order valence-corrected chi connectivity index (χ3v) is 13.0. The number of nitrogens with one attached hydrogen (secondary N) is 2. The Morgan fingerprint density at radius 3 is 2.17 bits per heavy atom. The van der Waals surface area contributed by atoms with Crippen LogP contribution in [0.3, 0.4) is 0 Å². The van der Waals surface area contributed by atoms with E-state index in [4.69, 9.17) is 26.1 Å². The van der Waals surface area contributed by atoms with Crippen LogP contribution in [0.1, 0.15) is 83.5 Å². The van der Waals surface area contributed by atoms with Crippen molar-refractivity contribution < 1.29 is 51.3 Å². The Morgan fingerprint density at radius 2 is 1.56 bits per heavy atom. The van der Waals surface area contributed by atoms with Crippen molar-refractivity contribution in [1.82, 2.24) is 20.5 Å². The summed E-state index contributed by atoms with van der Waals surface area (Å²) < 4.78 is 58.2. The minimum atomic E-state index is -4.81. The van der Waals surface area contributed by atoms with Gasteiger partial charge in [-0.2, -0.15) is 18.4 Å². The molecular formula is C53H56F3N7O8S. The van der Waals surface area contributed by atoms with Crippen LogP contribution >= 0.6 is 12.2 Å². The second kappa shape index (κ2) is 21.7. The number of anilines is 2. The molecular weight excluding hydrogens is 952 g/mol. The van der Waals surface area contributed by atoms with E-state index in [-0.39, 0.29) is 37.0 Å². The molecule has 4 amide bonds. The Kier molecular flexibility index (Phi) is 15.9. The summed E-state index contributed by atoms with van der Waals surface area (Å²) in [5, 5.41) is 25.6. The van der Waals surface area contributed by atoms with Gasteiger partial charge >= 0.3 is 6.18 Å². The van der Waals surface area contributed by atoms with E-state index in [2.05, 4.69) is 15.6 Å². The zero-order chi connectivity index (χ0) is 52.1. The smallest absolute Gasteiger partial charge is 0.417 e. The number of carbonyl (C=O) groups excluding carboxylic acids is 4. The summed E-state index contributed by atoms with van der Waals surface area (Å²) in [5.41, 5.74) is 0.200. The fourth-order valence-corrected chi connectivity index (χ4v) is 9.20. The molecule has 2 aliphatic rings. The number of aromatic nitrogens is 1. The van der Waals surface area contributed by atoms with Crippen molar-refractivity contribution in [2.24, 2.45) is 5.41 Å². The van der Waals surface area contributed by atoms with E-state index in [1.807, 2.05) is 88.4 Å². The van der Waals surface area contributed by atoms with Gasteiger partial charge in [0.15, 0.2) is 17.3 Å². The summed E-state index contributed by atoms with van der Waals surface area (Å²) in [7, 11) is 0. The minimum Gasteiger partial charge on any atom is -0.494 e. The third-order valence-electron chi connectivity index (χ3n) is 12.6. The van der Waals surface area contributed by atoms with Gasteiger partial charge in [0, 0.05) is 30.8 Å². The molecule has 0 radical (unpaired) electrons. The second-order valence-electron chi connectivity index (χ2n) is 19.3. The summed E-state index contributed by atoms with van der Waals surface area (Å²) in [5.74, 6) is -0.641. The molecule has 0 saturated carbocycles. The number of nitrogens with zero attached hydrogens (tertiary/aromatic N) is 5. The average Bonchev–Trinajstić information content (AvgIpc) is 4.07. The average molecular weight is 1010 g/mol. The van der Waals surface area contributed by atoms with Crippen molar-refractivity contribution in [2.45, 2.75) is 96.7 Å². The number of alkyl halides is 3. The van der Waals surface area contributed by atoms with Gasteiger partial charge in [0.1, 0.15) is 30.0 Å². The van der Waals surface area contributed by atoms with Gasteiger partial charge in [-0.15, -0.1) is 0 Å². The van der Waals surface area contributed by atoms with Crippen molar-refractivity contribution in [3.8, 4) is 34.3 Å². The Bertz CT molecular complexity index is 2810. The number of likely N-dealkylation sites (tertiary alicyclic amines) is 1. The molecule has 19 heteroatoms. The summed E-state index contributed by atoms with van der Waals surface area (Å²) in [6.07, 6.45) is -1.48. The van der Waals surface area contributed by atoms with Crippen LogP contribution in [0, 0.1) is 16.7 Å². The molecule has 0 bridgehead atoms. The van der Waals surface area contributed by atoms with Crippen LogP contribution in [0.15, 0.2) is 108 Å². The van der Waals surface area contributed by atoms with E-state index < -0.39 is 76.1 Å². The maximum atomic E-state index is 14.0. The molecule has 2 aliphatic heterocycles. The third kappa shape index (κ3) is 11.8. The number of carbonyl (C=O) groups is 4. The molecule has 4 aromatic carbocycles. The molecule has 1 aromatic heterocycles. The van der Waals surface area contributed by atoms with Crippen LogP contribution in [-0.4, -0.2) is 93.8 Å². The van der Waals surface area contributed by atoms with Gasteiger partial charge in [-0.05, 0) is 110 Å². The number of aliphatic hydroxyl groups excluding tert-OH is 1. The fraction of sp³-hybridized carbons (Fsp3) is 0.377. The van der Waals surface area contributed by atoms with Gasteiger partial charge in [-0.25, -0.2) is 4.98 Å². The Hall–Kier alpha value is -7.14. The number of rotatable bonds is 17. The highest BCUT2D eigenvalue weighted by atomic mass is 32.1. The van der Waals surface area contributed by atoms with E-state index in [0.29, 0.717) is 36.6 Å². The minimum absolute atomic E-state index is 0.00110. The van der Waals surface area contributed by atoms with Gasteiger partial charge in [0.2, 0.25) is 17.7 Å². The summed E-state index contributed by atoms with van der Waals surface area (Å²) in [6.45, 7) is 10.9. The highest BCUT2D eigenvalue weighted by molar-refractivity contribution is 7.81. The van der Waals surface area contributed by atoms with Gasteiger partial charge in [0.25, 0.3) is 5.91 Å². The number of β-amino-alcohol motifs (C(OH)–C–C–N with tert-alkyl or cyclic N) is 1. The number of nitriles is 1. The zero-order valence-corrected chi connectivity index (χ0v) is 41.5. The molecule has 15 nitrogen and oxygen atoms in total. The lowest BCUT2D eigenvalue weighted by molar-refractivity contribution is -0.144. The molecule has 0 spiro atoms. The van der Waals surface area contributed by atoms with Crippen molar-refractivity contribution in [3.63, 3.8) is 0 Å². The van der Waals surface area contributed by atoms with E-state index in [0.717, 1.165) is 39.3 Å². The maximum Gasteiger partial charge on any atom is 0.417 e. The first-order valence-corrected chi connectivity index (χ1v) is 23.8. The number of unbranched alkanes of at least 4 members (excludes halogenated alkanes) is 1. The topological polar surface area (TPSA) is 191 Å². The number of amides is 4. The van der Waals surface area contributed by atoms with Crippen LogP contribution in [0.25, 0.3) is 22.5 Å². The molecule has 2 fully saturated rings. The molecule has 3 heterocycles. The first-order valence-electron chi connectivity index (χ1n) is 23.4. The number of hydrogen-bond acceptors (Lipinski definition) is 11. The number of hydrogen-bond donors (Lipinski definition) is 3. The number of ether oxygens (including phenoxy) is 2. The van der Waals surface area contributed by atoms with Crippen LogP contribution in [0.4, 0.5) is 24.5 Å². The molecule has 4 atom stereocenters. The van der Waals surface area contributed by atoms with E-state index in [9.17, 15) is 42.7 Å². The fourth-order valence-electron chi connectivity index (χ4n) is 8.68.